The van der Waals surface area contributed by atoms with Gasteiger partial charge < -0.3 is 14.7 Å². The minimum Gasteiger partial charge on any atom is -0.480 e. The number of carbonyl (C=O) groups is 2. The Morgan fingerprint density at radius 3 is 2.71 bits per heavy atom. The molecule has 5 rings (SSSR count). The zero-order valence-electron chi connectivity index (χ0n) is 14.4. The van der Waals surface area contributed by atoms with Gasteiger partial charge >= 0.3 is 5.97 Å². The first-order valence-electron chi connectivity index (χ1n) is 8.85. The van der Waals surface area contributed by atoms with Gasteiger partial charge in [0.05, 0.1) is 0 Å². The fraction of sp³-hybridized carbons (Fsp3) is 0.882. The average molecular weight is 339 g/mol. The number of carboxylic acid groups (broad SMARTS) is 1. The molecule has 5 fully saturated rings. The van der Waals surface area contributed by atoms with Gasteiger partial charge in [0.25, 0.3) is 0 Å². The maximum absolute atomic E-state index is 12.9. The zero-order valence-corrected chi connectivity index (χ0v) is 14.4. The predicted octanol–water partition coefficient (Wildman–Crippen LogP) is 1.76. The summed E-state index contributed by atoms with van der Waals surface area (Å²) >= 11 is 0. The molecule has 7 nitrogen and oxygen atoms in total. The molecule has 0 aromatic carbocycles. The van der Waals surface area contributed by atoms with Gasteiger partial charge in [-0.1, -0.05) is 13.8 Å². The van der Waals surface area contributed by atoms with E-state index in [4.69, 9.17) is 14.5 Å². The van der Waals surface area contributed by atoms with Crippen LogP contribution in [0.3, 0.4) is 0 Å². The number of rotatable bonds is 2. The Morgan fingerprint density at radius 1 is 1.25 bits per heavy atom. The van der Waals surface area contributed by atoms with Gasteiger partial charge in [-0.3, -0.25) is 9.59 Å². The molecule has 24 heavy (non-hydrogen) atoms. The Bertz CT molecular complexity index is 581. The molecule has 4 unspecified atom stereocenters. The first-order chi connectivity index (χ1) is 11.3. The summed E-state index contributed by atoms with van der Waals surface area (Å²) < 4.78 is 6.20. The number of carbonyl (C=O) groups excluding carboxylic acids is 1. The number of aliphatic carboxylic acids is 1. The summed E-state index contributed by atoms with van der Waals surface area (Å²) in [7, 11) is 0. The predicted molar refractivity (Wildman–Crippen MR) is 81.3 cm³/mol. The molecule has 1 saturated carbocycles. The normalized spacial score (nSPS) is 50.4. The van der Waals surface area contributed by atoms with E-state index in [-0.39, 0.29) is 30.2 Å². The highest BCUT2D eigenvalue weighted by atomic mass is 17.3. The van der Waals surface area contributed by atoms with E-state index >= 15 is 0 Å². The van der Waals surface area contributed by atoms with Crippen molar-refractivity contribution in [2.75, 3.05) is 6.54 Å². The molecule has 5 aliphatic rings. The summed E-state index contributed by atoms with van der Waals surface area (Å²) in [5.74, 6) is -1.84. The maximum atomic E-state index is 12.9. The Morgan fingerprint density at radius 2 is 2.00 bits per heavy atom. The van der Waals surface area contributed by atoms with Gasteiger partial charge in [-0.2, -0.15) is 0 Å². The van der Waals surface area contributed by atoms with Crippen LogP contribution < -0.4 is 0 Å². The van der Waals surface area contributed by atoms with E-state index in [1.807, 2.05) is 6.92 Å². The van der Waals surface area contributed by atoms with Crippen LogP contribution in [0.5, 0.6) is 0 Å². The minimum absolute atomic E-state index is 0.0103. The number of amides is 1. The molecule has 0 radical (unpaired) electrons. The molecular formula is C17H25NO6. The topological polar surface area (TPSA) is 85.3 Å². The quantitative estimate of drug-likeness (QED) is 0.772. The van der Waals surface area contributed by atoms with Crippen LogP contribution in [0.2, 0.25) is 0 Å². The number of hydrogen-bond acceptors (Lipinski definition) is 5. The summed E-state index contributed by atoms with van der Waals surface area (Å²) in [5, 5.41) is 9.30. The third-order valence-corrected chi connectivity index (χ3v) is 6.66. The Kier molecular flexibility index (Phi) is 3.50. The lowest BCUT2D eigenvalue weighted by atomic mass is 9.57. The molecule has 0 aromatic heterocycles. The Balaban J connectivity index is 1.85. The van der Waals surface area contributed by atoms with Crippen molar-refractivity contribution in [1.82, 2.24) is 4.90 Å². The second-order valence-electron chi connectivity index (χ2n) is 8.08. The van der Waals surface area contributed by atoms with Crippen LogP contribution in [0, 0.1) is 23.7 Å². The SMILES string of the molecule is C[C@@H]1CCC2[C@@H](C)C(=O)N(CC(=O)O)C3O[C@@]4(C)CCC1C23OO4. The summed E-state index contributed by atoms with van der Waals surface area (Å²) in [6.45, 7) is 5.52. The van der Waals surface area contributed by atoms with Crippen molar-refractivity contribution in [3.8, 4) is 0 Å². The molecule has 7 atom stereocenters. The zero-order chi connectivity index (χ0) is 17.3. The lowest BCUT2D eigenvalue weighted by Gasteiger charge is -2.61. The number of nitrogens with zero attached hydrogens (tertiary/aromatic N) is 1. The van der Waals surface area contributed by atoms with Gasteiger partial charge in [-0.15, -0.1) is 0 Å². The lowest BCUT2D eigenvalue weighted by Crippen LogP contribution is -2.75. The molecule has 2 bridgehead atoms. The molecule has 1 spiro atoms. The van der Waals surface area contributed by atoms with Gasteiger partial charge in [-0.05, 0) is 38.0 Å². The number of likely N-dealkylation sites (tertiary alicyclic amines) is 1. The van der Waals surface area contributed by atoms with E-state index in [1.165, 1.54) is 4.90 Å². The van der Waals surface area contributed by atoms with Gasteiger partial charge in [0.2, 0.25) is 11.7 Å². The standard InChI is InChI=1S/C17H25NO6/c1-9-4-5-12-10(2)14(21)18(8-13(19)20)15-17(12)11(9)6-7-16(3,22-15)23-24-17/h9-12,15H,4-8H2,1-3H3,(H,19,20)/t9-,10-,11?,12?,15?,16-,17?/m1/s1. The van der Waals surface area contributed by atoms with E-state index < -0.39 is 23.6 Å². The second kappa shape index (κ2) is 5.16. The summed E-state index contributed by atoms with van der Waals surface area (Å²) in [6.07, 6.45) is 2.78. The Hall–Kier alpha value is -1.18. The van der Waals surface area contributed by atoms with Gasteiger partial charge in [0.1, 0.15) is 6.54 Å². The third kappa shape index (κ3) is 2.01. The summed E-state index contributed by atoms with van der Waals surface area (Å²) in [6, 6.07) is 0. The number of fused-ring (bicyclic) bond motifs is 2. The van der Waals surface area contributed by atoms with Crippen LogP contribution in [0.25, 0.3) is 0 Å². The molecule has 4 aliphatic heterocycles. The molecular weight excluding hydrogens is 314 g/mol. The fourth-order valence-electron chi connectivity index (χ4n) is 5.46. The van der Waals surface area contributed by atoms with Crippen LogP contribution in [-0.2, 0) is 24.1 Å². The molecule has 0 aromatic rings. The average Bonchev–Trinajstić information content (AvgIpc) is 2.76. The van der Waals surface area contributed by atoms with E-state index in [2.05, 4.69) is 6.92 Å². The molecule has 4 saturated heterocycles. The molecule has 1 amide bonds. The molecule has 1 aliphatic carbocycles. The molecule has 134 valence electrons. The monoisotopic (exact) mass is 339 g/mol. The van der Waals surface area contributed by atoms with Crippen molar-refractivity contribution in [2.45, 2.75) is 64.1 Å². The first kappa shape index (κ1) is 16.3. The van der Waals surface area contributed by atoms with Crippen molar-refractivity contribution < 1.29 is 29.2 Å². The van der Waals surface area contributed by atoms with E-state index in [0.29, 0.717) is 12.3 Å². The fourth-order valence-corrected chi connectivity index (χ4v) is 5.46. The van der Waals surface area contributed by atoms with Crippen molar-refractivity contribution in [2.24, 2.45) is 23.7 Å². The van der Waals surface area contributed by atoms with Gasteiger partial charge in [-0.25, -0.2) is 9.78 Å². The molecule has 4 heterocycles. The summed E-state index contributed by atoms with van der Waals surface area (Å²) in [5.41, 5.74) is -0.767. The van der Waals surface area contributed by atoms with Crippen molar-refractivity contribution in [3.63, 3.8) is 0 Å². The smallest absolute Gasteiger partial charge is 0.323 e. The third-order valence-electron chi connectivity index (χ3n) is 6.66. The van der Waals surface area contributed by atoms with Crippen LogP contribution in [-0.4, -0.2) is 46.0 Å². The number of piperidine rings is 1. The highest BCUT2D eigenvalue weighted by Gasteiger charge is 2.70. The number of carboxylic acids is 1. The van der Waals surface area contributed by atoms with E-state index in [1.54, 1.807) is 6.92 Å². The second-order valence-corrected chi connectivity index (χ2v) is 8.08. The number of ether oxygens (including phenoxy) is 1. The lowest BCUT2D eigenvalue weighted by molar-refractivity contribution is -0.547. The molecule has 7 heteroatoms. The first-order valence-corrected chi connectivity index (χ1v) is 8.85. The highest BCUT2D eigenvalue weighted by molar-refractivity contribution is 5.84. The van der Waals surface area contributed by atoms with Gasteiger partial charge in [0, 0.05) is 18.3 Å². The van der Waals surface area contributed by atoms with Gasteiger partial charge in [0.15, 0.2) is 11.8 Å². The van der Waals surface area contributed by atoms with Crippen LogP contribution in [0.1, 0.15) is 46.5 Å². The van der Waals surface area contributed by atoms with Crippen molar-refractivity contribution in [3.05, 3.63) is 0 Å². The maximum Gasteiger partial charge on any atom is 0.323 e. The Labute approximate surface area is 141 Å². The van der Waals surface area contributed by atoms with E-state index in [0.717, 1.165) is 19.3 Å². The molecule has 1 N–H and O–H groups in total. The van der Waals surface area contributed by atoms with E-state index in [9.17, 15) is 14.7 Å². The largest absolute Gasteiger partial charge is 0.480 e. The number of hydrogen-bond donors (Lipinski definition) is 1. The van der Waals surface area contributed by atoms with Crippen molar-refractivity contribution in [1.29, 1.82) is 0 Å². The van der Waals surface area contributed by atoms with Crippen LogP contribution in [0.15, 0.2) is 0 Å². The van der Waals surface area contributed by atoms with Crippen LogP contribution in [0.4, 0.5) is 0 Å². The summed E-state index contributed by atoms with van der Waals surface area (Å²) in [4.78, 5) is 37.3. The minimum atomic E-state index is -1.04. The van der Waals surface area contributed by atoms with Crippen molar-refractivity contribution >= 4 is 11.9 Å². The van der Waals surface area contributed by atoms with Crippen LogP contribution >= 0.6 is 0 Å². The highest BCUT2D eigenvalue weighted by Crippen LogP contribution is 2.60.